The van der Waals surface area contributed by atoms with Crippen LogP contribution in [0.15, 0.2) is 0 Å². The zero-order valence-electron chi connectivity index (χ0n) is 10.6. The van der Waals surface area contributed by atoms with E-state index in [4.69, 9.17) is 4.74 Å². The molecule has 0 aromatic rings. The zero-order chi connectivity index (χ0) is 12.7. The van der Waals surface area contributed by atoms with Gasteiger partial charge >= 0.3 is 0 Å². The Morgan fingerprint density at radius 3 is 2.12 bits per heavy atom. The van der Waals surface area contributed by atoms with E-state index in [9.17, 15) is 13.2 Å². The summed E-state index contributed by atoms with van der Waals surface area (Å²) in [5.74, 6) is 0.158. The molecule has 95 valence electrons. The first kappa shape index (κ1) is 14.1. The summed E-state index contributed by atoms with van der Waals surface area (Å²) in [6, 6.07) is 0. The van der Waals surface area contributed by atoms with Crippen molar-refractivity contribution in [2.45, 2.75) is 50.9 Å². The number of hydrogen-bond acceptors (Lipinski definition) is 3. The average molecular weight is 265 g/mol. The topological polar surface area (TPSA) is 63.3 Å². The van der Waals surface area contributed by atoms with Crippen LogP contribution in [0, 0.1) is 5.92 Å². The molecule has 1 saturated heterocycles. The molecule has 1 aliphatic rings. The normalized spacial score (nSPS) is 36.2. The molecule has 1 radical (unpaired) electrons. The summed E-state index contributed by atoms with van der Waals surface area (Å²) in [7, 11) is -5.63. The summed E-state index contributed by atoms with van der Waals surface area (Å²) >= 11 is 0. The summed E-state index contributed by atoms with van der Waals surface area (Å²) in [6.07, 6.45) is -0.319. The highest BCUT2D eigenvalue weighted by Gasteiger charge is 2.45. The molecule has 0 saturated carbocycles. The lowest BCUT2D eigenvalue weighted by molar-refractivity contribution is 0.00459. The third kappa shape index (κ3) is 2.85. The Bertz CT molecular complexity index is 346. The predicted octanol–water partition coefficient (Wildman–Crippen LogP) is 1.39. The SMILES string of the molecule is CC1CS(=O)(=O)C(C)C1OC(C)[Si](C)(C)[O]. The van der Waals surface area contributed by atoms with Crippen LogP contribution < -0.4 is 0 Å². The van der Waals surface area contributed by atoms with Crippen LogP contribution in [-0.2, 0) is 19.4 Å². The lowest BCUT2D eigenvalue weighted by Gasteiger charge is -2.28. The molecule has 0 aliphatic carbocycles. The minimum Gasteiger partial charge on any atom is -0.374 e. The molecular formula is C10H21O4SSi. The molecule has 1 rings (SSSR count). The highest BCUT2D eigenvalue weighted by Crippen LogP contribution is 2.30. The summed E-state index contributed by atoms with van der Waals surface area (Å²) in [4.78, 5) is 11.8. The van der Waals surface area contributed by atoms with Crippen LogP contribution in [0.25, 0.3) is 0 Å². The third-order valence-electron chi connectivity index (χ3n) is 3.43. The van der Waals surface area contributed by atoms with Crippen molar-refractivity contribution in [2.75, 3.05) is 5.75 Å². The van der Waals surface area contributed by atoms with Gasteiger partial charge in [0, 0.05) is 0 Å². The van der Waals surface area contributed by atoms with E-state index >= 15 is 0 Å². The maximum Gasteiger partial charge on any atom is 0.259 e. The molecule has 0 spiro atoms. The van der Waals surface area contributed by atoms with Crippen molar-refractivity contribution < 1.29 is 18.0 Å². The monoisotopic (exact) mass is 265 g/mol. The number of ether oxygens (including phenoxy) is 1. The summed E-state index contributed by atoms with van der Waals surface area (Å²) in [5, 5.41) is -0.485. The largest absolute Gasteiger partial charge is 0.374 e. The number of hydrogen-bond donors (Lipinski definition) is 0. The zero-order valence-corrected chi connectivity index (χ0v) is 12.4. The number of rotatable bonds is 3. The molecule has 0 aromatic carbocycles. The summed E-state index contributed by atoms with van der Waals surface area (Å²) in [5.41, 5.74) is -0.351. The van der Waals surface area contributed by atoms with Crippen LogP contribution in [-0.4, -0.2) is 39.6 Å². The van der Waals surface area contributed by atoms with Crippen molar-refractivity contribution in [1.29, 1.82) is 0 Å². The smallest absolute Gasteiger partial charge is 0.259 e. The Labute approximate surface area is 99.1 Å². The maximum atomic E-state index is 11.8. The second-order valence-electron chi connectivity index (χ2n) is 5.36. The second-order valence-corrected chi connectivity index (χ2v) is 11.8. The Hall–Kier alpha value is 0.0869. The Morgan fingerprint density at radius 2 is 1.81 bits per heavy atom. The average Bonchev–Trinajstić information content (AvgIpc) is 2.26. The van der Waals surface area contributed by atoms with Gasteiger partial charge in [-0.05, 0) is 32.9 Å². The van der Waals surface area contributed by atoms with Gasteiger partial charge in [0.15, 0.2) is 9.84 Å². The van der Waals surface area contributed by atoms with Crippen LogP contribution in [0.4, 0.5) is 0 Å². The molecule has 16 heavy (non-hydrogen) atoms. The molecule has 1 heterocycles. The Kier molecular flexibility index (Phi) is 3.89. The van der Waals surface area contributed by atoms with E-state index in [-0.39, 0.29) is 23.5 Å². The molecule has 0 N–H and O–H groups in total. The molecule has 0 bridgehead atoms. The van der Waals surface area contributed by atoms with Crippen LogP contribution in [0.2, 0.25) is 13.1 Å². The van der Waals surface area contributed by atoms with Gasteiger partial charge in [0.25, 0.3) is 8.32 Å². The van der Waals surface area contributed by atoms with E-state index in [0.29, 0.717) is 0 Å². The predicted molar refractivity (Wildman–Crippen MR) is 64.9 cm³/mol. The van der Waals surface area contributed by atoms with Crippen molar-refractivity contribution in [1.82, 2.24) is 0 Å². The fourth-order valence-corrected chi connectivity index (χ4v) is 4.38. The van der Waals surface area contributed by atoms with E-state index in [1.54, 1.807) is 26.9 Å². The van der Waals surface area contributed by atoms with Gasteiger partial charge < -0.3 is 4.74 Å². The van der Waals surface area contributed by atoms with Gasteiger partial charge in [0.05, 0.1) is 22.8 Å². The van der Waals surface area contributed by atoms with Gasteiger partial charge in [0.1, 0.15) is 0 Å². The first-order valence-corrected chi connectivity index (χ1v) is 10.3. The highest BCUT2D eigenvalue weighted by molar-refractivity contribution is 7.92. The van der Waals surface area contributed by atoms with E-state index in [2.05, 4.69) is 0 Å². The van der Waals surface area contributed by atoms with Crippen LogP contribution in [0.5, 0.6) is 0 Å². The quantitative estimate of drug-likeness (QED) is 0.724. The molecule has 1 aliphatic heterocycles. The van der Waals surface area contributed by atoms with E-state index in [1.165, 1.54) is 0 Å². The first-order valence-electron chi connectivity index (χ1n) is 5.63. The van der Waals surface area contributed by atoms with Crippen LogP contribution in [0.3, 0.4) is 0 Å². The van der Waals surface area contributed by atoms with Gasteiger partial charge in [-0.25, -0.2) is 8.42 Å². The van der Waals surface area contributed by atoms with Crippen LogP contribution in [0.1, 0.15) is 20.8 Å². The summed E-state index contributed by atoms with van der Waals surface area (Å²) < 4.78 is 29.0. The van der Waals surface area contributed by atoms with Crippen molar-refractivity contribution in [3.8, 4) is 0 Å². The Morgan fingerprint density at radius 1 is 1.31 bits per heavy atom. The molecule has 1 fully saturated rings. The van der Waals surface area contributed by atoms with Crippen LogP contribution >= 0.6 is 0 Å². The van der Waals surface area contributed by atoms with Gasteiger partial charge in [-0.2, -0.15) is 0 Å². The number of sulfone groups is 1. The summed E-state index contributed by atoms with van der Waals surface area (Å²) in [6.45, 7) is 8.70. The lowest BCUT2D eigenvalue weighted by atomic mass is 10.1. The molecular weight excluding hydrogens is 244 g/mol. The van der Waals surface area contributed by atoms with Crippen molar-refractivity contribution in [2.24, 2.45) is 5.92 Å². The fourth-order valence-electron chi connectivity index (χ4n) is 1.92. The van der Waals surface area contributed by atoms with Gasteiger partial charge in [-0.15, -0.1) is 0 Å². The Balaban J connectivity index is 2.76. The third-order valence-corrected chi connectivity index (χ3v) is 7.91. The van der Waals surface area contributed by atoms with E-state index in [1.807, 2.05) is 6.92 Å². The van der Waals surface area contributed by atoms with E-state index < -0.39 is 23.4 Å². The van der Waals surface area contributed by atoms with Crippen molar-refractivity contribution in [3.63, 3.8) is 0 Å². The standard InChI is InChI=1S/C10H21O4SSi/c1-7-6-15(11,12)8(2)10(7)14-9(3)16(4,5)13/h7-10H,6H2,1-5H3. The molecule has 4 nitrogen and oxygen atoms in total. The maximum absolute atomic E-state index is 11.8. The molecule has 6 heteroatoms. The first-order chi connectivity index (χ1) is 7.05. The minimum absolute atomic E-state index is 0.0150. The molecule has 0 amide bonds. The fraction of sp³-hybridized carbons (Fsp3) is 1.00. The van der Waals surface area contributed by atoms with Gasteiger partial charge in [0.2, 0.25) is 0 Å². The molecule has 4 unspecified atom stereocenters. The van der Waals surface area contributed by atoms with Gasteiger partial charge in [-0.3, -0.25) is 4.80 Å². The van der Waals surface area contributed by atoms with Crippen molar-refractivity contribution in [3.05, 3.63) is 0 Å². The van der Waals surface area contributed by atoms with Gasteiger partial charge in [-0.1, -0.05) is 6.92 Å². The highest BCUT2D eigenvalue weighted by atomic mass is 32.2. The second kappa shape index (κ2) is 4.40. The molecule has 0 aromatic heterocycles. The minimum atomic E-state index is -3.03. The van der Waals surface area contributed by atoms with E-state index in [0.717, 1.165) is 0 Å². The van der Waals surface area contributed by atoms with Crippen molar-refractivity contribution >= 4 is 18.2 Å². The molecule has 4 atom stereocenters. The lowest BCUT2D eigenvalue weighted by Crippen LogP contribution is -2.45.